The molecule has 0 aliphatic rings. The number of halogens is 1. The molecule has 20 heavy (non-hydrogen) atoms. The van der Waals surface area contributed by atoms with Crippen LogP contribution in [0.15, 0.2) is 18.2 Å². The summed E-state index contributed by atoms with van der Waals surface area (Å²) in [5, 5.41) is 3.21. The molecule has 106 valence electrons. The predicted molar refractivity (Wildman–Crippen MR) is 79.8 cm³/mol. The van der Waals surface area contributed by atoms with E-state index in [-0.39, 0.29) is 17.4 Å². The summed E-state index contributed by atoms with van der Waals surface area (Å²) in [6.45, 7) is 7.86. The maximum atomic E-state index is 5.88. The third kappa shape index (κ3) is 4.06. The van der Waals surface area contributed by atoms with Gasteiger partial charge in [-0.15, -0.1) is 0 Å². The number of hydrogen-bond donors (Lipinski definition) is 1. The SMILES string of the molecule is Cc1cc(C)cc(Nc2nc(Cl)nc(OC(C)C)n2)c1. The molecule has 1 N–H and O–H groups in total. The summed E-state index contributed by atoms with van der Waals surface area (Å²) in [6, 6.07) is 6.33. The van der Waals surface area contributed by atoms with E-state index >= 15 is 0 Å². The smallest absolute Gasteiger partial charge is 0.322 e. The Morgan fingerprint density at radius 3 is 2.30 bits per heavy atom. The Hall–Kier alpha value is -1.88. The third-order valence-corrected chi connectivity index (χ3v) is 2.58. The van der Waals surface area contributed by atoms with Gasteiger partial charge in [0.1, 0.15) is 0 Å². The molecule has 0 spiro atoms. The second-order valence-corrected chi connectivity index (χ2v) is 5.22. The Kier molecular flexibility index (Phi) is 4.39. The highest BCUT2D eigenvalue weighted by atomic mass is 35.5. The molecule has 0 saturated carbocycles. The zero-order valence-electron chi connectivity index (χ0n) is 11.9. The first-order chi connectivity index (χ1) is 9.42. The molecule has 1 aromatic heterocycles. The highest BCUT2D eigenvalue weighted by molar-refractivity contribution is 6.28. The third-order valence-electron chi connectivity index (χ3n) is 2.41. The van der Waals surface area contributed by atoms with Gasteiger partial charge in [0.2, 0.25) is 11.2 Å². The van der Waals surface area contributed by atoms with Gasteiger partial charge in [-0.05, 0) is 62.6 Å². The number of nitrogens with zero attached hydrogens (tertiary/aromatic N) is 3. The topological polar surface area (TPSA) is 59.9 Å². The van der Waals surface area contributed by atoms with Crippen LogP contribution < -0.4 is 10.1 Å². The van der Waals surface area contributed by atoms with Gasteiger partial charge in [-0.1, -0.05) is 6.07 Å². The average Bonchev–Trinajstić information content (AvgIpc) is 2.24. The highest BCUT2D eigenvalue weighted by Gasteiger charge is 2.08. The lowest BCUT2D eigenvalue weighted by Gasteiger charge is -2.10. The maximum Gasteiger partial charge on any atom is 0.322 e. The number of nitrogens with one attached hydrogen (secondary N) is 1. The molecule has 0 aliphatic heterocycles. The molecule has 2 rings (SSSR count). The van der Waals surface area contributed by atoms with Crippen LogP contribution in [0, 0.1) is 13.8 Å². The number of hydrogen-bond acceptors (Lipinski definition) is 5. The van der Waals surface area contributed by atoms with Gasteiger partial charge < -0.3 is 10.1 Å². The minimum atomic E-state index is -0.0254. The Morgan fingerprint density at radius 1 is 1.05 bits per heavy atom. The lowest BCUT2D eigenvalue weighted by molar-refractivity contribution is 0.222. The molecule has 0 fully saturated rings. The van der Waals surface area contributed by atoms with E-state index in [0.717, 1.165) is 16.8 Å². The van der Waals surface area contributed by atoms with Crippen molar-refractivity contribution in [1.29, 1.82) is 0 Å². The molecule has 0 radical (unpaired) electrons. The minimum Gasteiger partial charge on any atom is -0.461 e. The molecule has 2 aromatic rings. The van der Waals surface area contributed by atoms with Crippen LogP contribution in [0.5, 0.6) is 6.01 Å². The Bertz CT molecular complexity index is 596. The zero-order chi connectivity index (χ0) is 14.7. The summed E-state index contributed by atoms with van der Waals surface area (Å²) in [5.74, 6) is 0.366. The molecule has 1 aromatic carbocycles. The van der Waals surface area contributed by atoms with Gasteiger partial charge in [-0.2, -0.15) is 15.0 Å². The number of ether oxygens (including phenoxy) is 1. The molecular weight excluding hydrogens is 276 g/mol. The lowest BCUT2D eigenvalue weighted by Crippen LogP contribution is -2.10. The summed E-state index contributed by atoms with van der Waals surface area (Å²) in [6.07, 6.45) is -0.0254. The van der Waals surface area contributed by atoms with Crippen LogP contribution in [-0.2, 0) is 0 Å². The van der Waals surface area contributed by atoms with Gasteiger partial charge in [-0.25, -0.2) is 0 Å². The molecule has 5 nitrogen and oxygen atoms in total. The van der Waals surface area contributed by atoms with E-state index in [1.165, 1.54) is 0 Å². The summed E-state index contributed by atoms with van der Waals surface area (Å²) in [7, 11) is 0. The summed E-state index contributed by atoms with van der Waals surface area (Å²) in [5.41, 5.74) is 3.22. The molecule has 0 saturated heterocycles. The molecular formula is C14H17ClN4O. The van der Waals surface area contributed by atoms with Gasteiger partial charge >= 0.3 is 6.01 Å². The van der Waals surface area contributed by atoms with Crippen molar-refractivity contribution < 1.29 is 4.74 Å². The van der Waals surface area contributed by atoms with Crippen molar-refractivity contribution in [3.8, 4) is 6.01 Å². The number of aryl methyl sites for hydroxylation is 2. The standard InChI is InChI=1S/C14H17ClN4O/c1-8(2)20-14-18-12(15)17-13(19-14)16-11-6-9(3)5-10(4)7-11/h5-8H,1-4H3,(H,16,17,18,19). The van der Waals surface area contributed by atoms with Gasteiger partial charge in [0.15, 0.2) is 0 Å². The summed E-state index contributed by atoms with van der Waals surface area (Å²) < 4.78 is 5.43. The zero-order valence-corrected chi connectivity index (χ0v) is 12.7. The largest absolute Gasteiger partial charge is 0.461 e. The fraction of sp³-hybridized carbons (Fsp3) is 0.357. The second kappa shape index (κ2) is 6.05. The number of benzene rings is 1. The molecule has 6 heteroatoms. The van der Waals surface area contributed by atoms with E-state index in [1.54, 1.807) is 0 Å². The fourth-order valence-electron chi connectivity index (χ4n) is 1.83. The van der Waals surface area contributed by atoms with E-state index in [9.17, 15) is 0 Å². The van der Waals surface area contributed by atoms with Crippen LogP contribution in [0.1, 0.15) is 25.0 Å². The quantitative estimate of drug-likeness (QED) is 0.931. The van der Waals surface area contributed by atoms with E-state index in [2.05, 4.69) is 26.3 Å². The number of anilines is 2. The monoisotopic (exact) mass is 292 g/mol. The van der Waals surface area contributed by atoms with Gasteiger partial charge in [0.05, 0.1) is 6.10 Å². The minimum absolute atomic E-state index is 0.0254. The van der Waals surface area contributed by atoms with Crippen molar-refractivity contribution in [3.63, 3.8) is 0 Å². The highest BCUT2D eigenvalue weighted by Crippen LogP contribution is 2.19. The molecule has 0 unspecified atom stereocenters. The summed E-state index contributed by atoms with van der Waals surface area (Å²) in [4.78, 5) is 12.2. The van der Waals surface area contributed by atoms with E-state index in [4.69, 9.17) is 16.3 Å². The van der Waals surface area contributed by atoms with Crippen molar-refractivity contribution >= 4 is 23.2 Å². The van der Waals surface area contributed by atoms with Crippen LogP contribution in [0.4, 0.5) is 11.6 Å². The fourth-order valence-corrected chi connectivity index (χ4v) is 1.98. The Labute approximate surface area is 123 Å². The van der Waals surface area contributed by atoms with Crippen molar-refractivity contribution in [2.24, 2.45) is 0 Å². The van der Waals surface area contributed by atoms with Crippen molar-refractivity contribution in [1.82, 2.24) is 15.0 Å². The first-order valence-corrected chi connectivity index (χ1v) is 6.74. The molecule has 0 bridgehead atoms. The van der Waals surface area contributed by atoms with Gasteiger partial charge in [-0.3, -0.25) is 0 Å². The lowest BCUT2D eigenvalue weighted by atomic mass is 10.1. The molecule has 0 amide bonds. The number of aromatic nitrogens is 3. The average molecular weight is 293 g/mol. The van der Waals surface area contributed by atoms with Crippen LogP contribution in [0.25, 0.3) is 0 Å². The van der Waals surface area contributed by atoms with Crippen LogP contribution in [0.2, 0.25) is 5.28 Å². The van der Waals surface area contributed by atoms with Crippen LogP contribution in [-0.4, -0.2) is 21.1 Å². The van der Waals surface area contributed by atoms with E-state index in [0.29, 0.717) is 5.95 Å². The normalized spacial score (nSPS) is 10.7. The Morgan fingerprint density at radius 2 is 1.70 bits per heavy atom. The van der Waals surface area contributed by atoms with Crippen molar-refractivity contribution in [3.05, 3.63) is 34.6 Å². The summed E-state index contributed by atoms with van der Waals surface area (Å²) >= 11 is 5.88. The van der Waals surface area contributed by atoms with E-state index < -0.39 is 0 Å². The first-order valence-electron chi connectivity index (χ1n) is 6.36. The van der Waals surface area contributed by atoms with Crippen LogP contribution >= 0.6 is 11.6 Å². The second-order valence-electron chi connectivity index (χ2n) is 4.88. The Balaban J connectivity index is 2.26. The van der Waals surface area contributed by atoms with Gasteiger partial charge in [0, 0.05) is 5.69 Å². The first kappa shape index (κ1) is 14.5. The maximum absolute atomic E-state index is 5.88. The number of rotatable bonds is 4. The van der Waals surface area contributed by atoms with E-state index in [1.807, 2.05) is 39.8 Å². The van der Waals surface area contributed by atoms with Crippen molar-refractivity contribution in [2.75, 3.05) is 5.32 Å². The molecule has 0 atom stereocenters. The van der Waals surface area contributed by atoms with Crippen molar-refractivity contribution in [2.45, 2.75) is 33.8 Å². The predicted octanol–water partition coefficient (Wildman–Crippen LogP) is 3.67. The van der Waals surface area contributed by atoms with Gasteiger partial charge in [0.25, 0.3) is 0 Å². The molecule has 0 aliphatic carbocycles. The molecule has 1 heterocycles. The van der Waals surface area contributed by atoms with Crippen LogP contribution in [0.3, 0.4) is 0 Å².